The van der Waals surface area contributed by atoms with Crippen molar-refractivity contribution in [1.29, 1.82) is 0 Å². The van der Waals surface area contributed by atoms with E-state index in [1.807, 2.05) is 24.3 Å². The maximum Gasteiger partial charge on any atom is 0.182 e. The Morgan fingerprint density at radius 1 is 1.17 bits per heavy atom. The fraction of sp³-hybridized carbons (Fsp3) is 0.222. The van der Waals surface area contributed by atoms with Gasteiger partial charge >= 0.3 is 0 Å². The summed E-state index contributed by atoms with van der Waals surface area (Å²) in [5, 5.41) is 5.29. The van der Waals surface area contributed by atoms with Crippen molar-refractivity contribution >= 4 is 28.3 Å². The van der Waals surface area contributed by atoms with Crippen LogP contribution in [0.1, 0.15) is 16.7 Å². The molecule has 1 heterocycles. The molecular weight excluding hydrogens is 306 g/mol. The highest BCUT2D eigenvalue weighted by molar-refractivity contribution is 8.14. The van der Waals surface area contributed by atoms with Gasteiger partial charge in [-0.2, -0.15) is 5.10 Å². The van der Waals surface area contributed by atoms with E-state index in [0.29, 0.717) is 0 Å². The molecule has 0 radical (unpaired) electrons. The molecule has 0 amide bonds. The number of methoxy groups -OCH3 is 1. The minimum Gasteiger partial charge on any atom is -0.494 e. The Bertz CT molecular complexity index is 784. The highest BCUT2D eigenvalue weighted by Gasteiger charge is 2.15. The van der Waals surface area contributed by atoms with Crippen LogP contribution in [0.15, 0.2) is 52.6 Å². The van der Waals surface area contributed by atoms with Crippen LogP contribution in [-0.2, 0) is 0 Å². The summed E-state index contributed by atoms with van der Waals surface area (Å²) in [6.45, 7) is 4.21. The highest BCUT2D eigenvalue weighted by Crippen LogP contribution is 2.28. The number of nitrogens with one attached hydrogen (secondary N) is 1. The summed E-state index contributed by atoms with van der Waals surface area (Å²) in [7, 11) is 1.65. The number of rotatable bonds is 3. The molecule has 0 atom stereocenters. The molecule has 1 aliphatic heterocycles. The molecule has 0 bridgehead atoms. The summed E-state index contributed by atoms with van der Waals surface area (Å²) in [6.07, 6.45) is 0. The summed E-state index contributed by atoms with van der Waals surface area (Å²) >= 11 is 1.65. The molecule has 0 unspecified atom stereocenters. The predicted octanol–water partition coefficient (Wildman–Crippen LogP) is 4.04. The summed E-state index contributed by atoms with van der Waals surface area (Å²) in [6, 6.07) is 14.1. The predicted molar refractivity (Wildman–Crippen MR) is 98.1 cm³/mol. The number of amidine groups is 1. The van der Waals surface area contributed by atoms with Gasteiger partial charge in [-0.1, -0.05) is 41.6 Å². The highest BCUT2D eigenvalue weighted by atomic mass is 32.2. The van der Waals surface area contributed by atoms with Gasteiger partial charge in [-0.3, -0.25) is 5.43 Å². The first kappa shape index (κ1) is 15.6. The first-order valence-corrected chi connectivity index (χ1v) is 8.40. The van der Waals surface area contributed by atoms with Crippen molar-refractivity contribution in [3.63, 3.8) is 0 Å². The van der Waals surface area contributed by atoms with Gasteiger partial charge in [0.2, 0.25) is 0 Å². The van der Waals surface area contributed by atoms with E-state index in [4.69, 9.17) is 4.74 Å². The lowest BCUT2D eigenvalue weighted by Crippen LogP contribution is -2.25. The normalized spacial score (nSPS) is 16.0. The molecular formula is C18H19N3OS. The number of para-hydroxylation sites is 2. The van der Waals surface area contributed by atoms with Crippen molar-refractivity contribution in [2.24, 2.45) is 10.1 Å². The van der Waals surface area contributed by atoms with Gasteiger partial charge in [0, 0.05) is 11.3 Å². The average molecular weight is 325 g/mol. The van der Waals surface area contributed by atoms with Crippen LogP contribution in [0.5, 0.6) is 5.75 Å². The zero-order valence-electron chi connectivity index (χ0n) is 13.5. The topological polar surface area (TPSA) is 46.0 Å². The van der Waals surface area contributed by atoms with Crippen LogP contribution in [0, 0.1) is 13.8 Å². The standard InChI is InChI=1S/C18H19N3OS/c1-12-8-9-13(2)14(10-12)16-11-23-18(21-20-16)19-15-6-4-5-7-17(15)22-3/h4-10H,11H2,1-3H3,(H,19,21). The fourth-order valence-corrected chi connectivity index (χ4v) is 3.16. The Morgan fingerprint density at radius 2 is 2.00 bits per heavy atom. The number of hydrazone groups is 1. The summed E-state index contributed by atoms with van der Waals surface area (Å²) in [4.78, 5) is 4.59. The number of hydrogen-bond acceptors (Lipinski definition) is 4. The average Bonchev–Trinajstić information content (AvgIpc) is 2.58. The van der Waals surface area contributed by atoms with Gasteiger partial charge in [0.15, 0.2) is 5.17 Å². The molecule has 4 nitrogen and oxygen atoms in total. The molecule has 1 N–H and O–H groups in total. The van der Waals surface area contributed by atoms with Gasteiger partial charge in [-0.15, -0.1) is 0 Å². The molecule has 3 rings (SSSR count). The Labute approximate surface area is 140 Å². The van der Waals surface area contributed by atoms with E-state index < -0.39 is 0 Å². The van der Waals surface area contributed by atoms with E-state index in [1.165, 1.54) is 16.7 Å². The molecule has 23 heavy (non-hydrogen) atoms. The van der Waals surface area contributed by atoms with Crippen LogP contribution >= 0.6 is 11.8 Å². The second kappa shape index (κ2) is 6.87. The van der Waals surface area contributed by atoms with Gasteiger partial charge in [0.25, 0.3) is 0 Å². The van der Waals surface area contributed by atoms with Crippen molar-refractivity contribution in [1.82, 2.24) is 5.43 Å². The van der Waals surface area contributed by atoms with Crippen LogP contribution < -0.4 is 10.2 Å². The lowest BCUT2D eigenvalue weighted by Gasteiger charge is -2.17. The number of aliphatic imine (C=N–C) groups is 1. The summed E-state index contributed by atoms with van der Waals surface area (Å²) in [5.41, 5.74) is 8.59. The van der Waals surface area contributed by atoms with E-state index >= 15 is 0 Å². The summed E-state index contributed by atoms with van der Waals surface area (Å²) < 4.78 is 5.33. The van der Waals surface area contributed by atoms with E-state index in [1.54, 1.807) is 18.9 Å². The van der Waals surface area contributed by atoms with Crippen LogP contribution in [0.2, 0.25) is 0 Å². The van der Waals surface area contributed by atoms with Crippen molar-refractivity contribution in [3.05, 3.63) is 59.2 Å². The second-order valence-electron chi connectivity index (χ2n) is 5.37. The first-order chi connectivity index (χ1) is 11.2. The smallest absolute Gasteiger partial charge is 0.182 e. The number of benzene rings is 2. The molecule has 2 aromatic rings. The lowest BCUT2D eigenvalue weighted by atomic mass is 10.0. The van der Waals surface area contributed by atoms with E-state index in [-0.39, 0.29) is 0 Å². The molecule has 0 aromatic heterocycles. The lowest BCUT2D eigenvalue weighted by molar-refractivity contribution is 0.416. The van der Waals surface area contributed by atoms with Crippen molar-refractivity contribution in [3.8, 4) is 5.75 Å². The van der Waals surface area contributed by atoms with Crippen LogP contribution in [0.25, 0.3) is 0 Å². The molecule has 0 spiro atoms. The Kier molecular flexibility index (Phi) is 4.67. The first-order valence-electron chi connectivity index (χ1n) is 7.42. The molecule has 5 heteroatoms. The van der Waals surface area contributed by atoms with Crippen LogP contribution in [0.4, 0.5) is 5.69 Å². The Hall–Kier alpha value is -2.27. The quantitative estimate of drug-likeness (QED) is 0.926. The maximum atomic E-state index is 5.33. The third-order valence-electron chi connectivity index (χ3n) is 3.64. The zero-order chi connectivity index (χ0) is 16.2. The van der Waals surface area contributed by atoms with E-state index in [9.17, 15) is 0 Å². The Morgan fingerprint density at radius 3 is 2.74 bits per heavy atom. The number of thioether (sulfide) groups is 1. The van der Waals surface area contributed by atoms with Gasteiger partial charge in [-0.05, 0) is 37.6 Å². The summed E-state index contributed by atoms with van der Waals surface area (Å²) in [5.74, 6) is 1.55. The third-order valence-corrected chi connectivity index (χ3v) is 4.52. The van der Waals surface area contributed by atoms with E-state index in [2.05, 4.69) is 47.6 Å². The van der Waals surface area contributed by atoms with Crippen molar-refractivity contribution < 1.29 is 4.74 Å². The molecule has 0 saturated heterocycles. The SMILES string of the molecule is COc1ccccc1N=C1NN=C(c2cc(C)ccc2C)CS1. The second-order valence-corrected chi connectivity index (χ2v) is 6.33. The van der Waals surface area contributed by atoms with Crippen molar-refractivity contribution in [2.75, 3.05) is 12.9 Å². The van der Waals surface area contributed by atoms with Gasteiger partial charge in [-0.25, -0.2) is 4.99 Å². The number of nitrogens with zero attached hydrogens (tertiary/aromatic N) is 2. The largest absolute Gasteiger partial charge is 0.494 e. The molecule has 0 saturated carbocycles. The van der Waals surface area contributed by atoms with Gasteiger partial charge < -0.3 is 4.74 Å². The molecule has 118 valence electrons. The number of hydrogen-bond donors (Lipinski definition) is 1. The fourth-order valence-electron chi connectivity index (χ4n) is 2.39. The molecule has 2 aromatic carbocycles. The van der Waals surface area contributed by atoms with Crippen molar-refractivity contribution in [2.45, 2.75) is 13.8 Å². The van der Waals surface area contributed by atoms with Gasteiger partial charge in [0.1, 0.15) is 11.4 Å². The van der Waals surface area contributed by atoms with E-state index in [0.717, 1.165) is 28.1 Å². The zero-order valence-corrected chi connectivity index (χ0v) is 14.3. The monoisotopic (exact) mass is 325 g/mol. The third kappa shape index (κ3) is 3.56. The number of aryl methyl sites for hydroxylation is 2. The molecule has 1 aliphatic rings. The van der Waals surface area contributed by atoms with Crippen LogP contribution in [0.3, 0.4) is 0 Å². The van der Waals surface area contributed by atoms with Gasteiger partial charge in [0.05, 0.1) is 12.8 Å². The number of ether oxygens (including phenoxy) is 1. The minimum atomic E-state index is 0.756. The van der Waals surface area contributed by atoms with Crippen LogP contribution in [-0.4, -0.2) is 23.7 Å². The molecule has 0 fully saturated rings. The minimum absolute atomic E-state index is 0.756. The maximum absolute atomic E-state index is 5.33. The Balaban J connectivity index is 1.83. The molecule has 0 aliphatic carbocycles.